The van der Waals surface area contributed by atoms with Crippen molar-refractivity contribution in [3.63, 3.8) is 0 Å². The number of aliphatic carboxylic acids is 1. The van der Waals surface area contributed by atoms with Crippen molar-refractivity contribution in [2.45, 2.75) is 191 Å². The quantitative estimate of drug-likeness (QED) is 0.00926. The van der Waals surface area contributed by atoms with E-state index in [0.29, 0.717) is 25.8 Å². The summed E-state index contributed by atoms with van der Waals surface area (Å²) < 4.78 is 0. The molecule has 0 aromatic carbocycles. The molecule has 0 aliphatic rings. The topological polar surface area (TPSA) is 362 Å². The Morgan fingerprint density at radius 3 is 1.56 bits per heavy atom. The third-order valence-corrected chi connectivity index (χ3v) is 12.9. The van der Waals surface area contributed by atoms with Gasteiger partial charge in [0.25, 0.3) is 0 Å². The summed E-state index contributed by atoms with van der Waals surface area (Å²) in [5, 5.41) is 134. The van der Waals surface area contributed by atoms with Crippen LogP contribution in [-0.2, 0) is 9.59 Å². The lowest BCUT2D eigenvalue weighted by molar-refractivity contribution is -0.132. The Hall–Kier alpha value is -5.45. The average molecular weight is 1140 g/mol. The molecule has 0 spiro atoms. The van der Waals surface area contributed by atoms with Gasteiger partial charge in [-0.3, -0.25) is 9.79 Å². The zero-order valence-corrected chi connectivity index (χ0v) is 47.9. The van der Waals surface area contributed by atoms with E-state index < -0.39 is 91.1 Å². The van der Waals surface area contributed by atoms with Crippen LogP contribution in [0.25, 0.3) is 0 Å². The number of unbranched alkanes of at least 4 members (excludes halogenated alkanes) is 1. The largest absolute Gasteiger partial charge is 0.478 e. The van der Waals surface area contributed by atoms with Crippen LogP contribution in [0, 0.1) is 17.8 Å². The van der Waals surface area contributed by atoms with Crippen LogP contribution in [0.15, 0.2) is 162 Å². The van der Waals surface area contributed by atoms with Crippen LogP contribution in [0.3, 0.4) is 0 Å². The number of aliphatic hydroxyl groups excluding tert-OH is 12. The summed E-state index contributed by atoms with van der Waals surface area (Å²) in [4.78, 5) is 27.4. The number of nitrogens with zero attached hydrogens (tertiary/aromatic N) is 1. The molecule has 18 heteroatoms. The number of ketones is 1. The monoisotopic (exact) mass is 1140 g/mol. The molecule has 0 fully saturated rings. The molecule has 0 aromatic heterocycles. The van der Waals surface area contributed by atoms with E-state index in [9.17, 15) is 70.9 Å². The Morgan fingerprint density at radius 1 is 0.481 bits per heavy atom. The molecule has 0 unspecified atom stereocenters. The number of hydrogen-bond acceptors (Lipinski definition) is 15. The van der Waals surface area contributed by atoms with Gasteiger partial charge in [-0.15, -0.1) is 0 Å². The first kappa shape index (κ1) is 75.5. The number of aliphatic imine (C=N–C) groups is 1. The highest BCUT2D eigenvalue weighted by Crippen LogP contribution is 2.20. The van der Waals surface area contributed by atoms with Gasteiger partial charge < -0.3 is 77.9 Å². The van der Waals surface area contributed by atoms with Crippen molar-refractivity contribution in [3.8, 4) is 0 Å². The normalized spacial score (nSPS) is 19.1. The molecule has 0 saturated heterocycles. The molecule has 0 aliphatic heterocycles. The first-order valence-electron chi connectivity index (χ1n) is 28.1. The van der Waals surface area contributed by atoms with Crippen LogP contribution in [0.1, 0.15) is 118 Å². The highest BCUT2D eigenvalue weighted by atomic mass is 16.4. The van der Waals surface area contributed by atoms with Gasteiger partial charge in [-0.2, -0.15) is 0 Å². The van der Waals surface area contributed by atoms with Crippen LogP contribution in [0.4, 0.5) is 0 Å². The summed E-state index contributed by atoms with van der Waals surface area (Å²) >= 11 is 0. The van der Waals surface area contributed by atoms with Gasteiger partial charge in [0, 0.05) is 49.1 Å². The summed E-state index contributed by atoms with van der Waals surface area (Å²) in [6.45, 7) is 7.21. The summed E-state index contributed by atoms with van der Waals surface area (Å²) in [6.07, 6.45) is 33.8. The zero-order valence-electron chi connectivity index (χ0n) is 47.9. The molecule has 0 rings (SSSR count). The van der Waals surface area contributed by atoms with E-state index in [2.05, 4.69) is 4.99 Å². The van der Waals surface area contributed by atoms with E-state index in [1.54, 1.807) is 105 Å². The second-order valence-corrected chi connectivity index (χ2v) is 20.5. The van der Waals surface area contributed by atoms with E-state index in [1.165, 1.54) is 31.2 Å². The Balaban J connectivity index is 4.50. The molecule has 18 nitrogen and oxygen atoms in total. The van der Waals surface area contributed by atoms with Crippen LogP contribution in [0.2, 0.25) is 0 Å². The molecule has 0 aromatic rings. The minimum absolute atomic E-state index is 0.00313. The second kappa shape index (κ2) is 47.1. The predicted octanol–water partition coefficient (Wildman–Crippen LogP) is 5.23. The van der Waals surface area contributed by atoms with Crippen LogP contribution in [0.5, 0.6) is 0 Å². The van der Waals surface area contributed by atoms with Gasteiger partial charge >= 0.3 is 5.97 Å². The predicted molar refractivity (Wildman–Crippen MR) is 321 cm³/mol. The van der Waals surface area contributed by atoms with Crippen molar-refractivity contribution in [2.24, 2.45) is 34.2 Å². The van der Waals surface area contributed by atoms with Crippen molar-refractivity contribution in [1.82, 2.24) is 0 Å². The van der Waals surface area contributed by atoms with Crippen molar-refractivity contribution < 1.29 is 76.0 Å². The van der Waals surface area contributed by atoms with Gasteiger partial charge in [0.05, 0.1) is 73.2 Å². The molecule has 0 aliphatic carbocycles. The van der Waals surface area contributed by atoms with Gasteiger partial charge in [-0.05, 0) is 77.6 Å². The molecule has 0 saturated carbocycles. The maximum Gasteiger partial charge on any atom is 0.331 e. The average Bonchev–Trinajstić information content (AvgIpc) is 3.39. The summed E-state index contributed by atoms with van der Waals surface area (Å²) in [5.41, 5.74) is 10.8. The number of carboxylic acid groups (broad SMARTS) is 1. The molecule has 17 N–H and O–H groups in total. The number of nitrogens with two attached hydrogens (primary N) is 2. The fraction of sp³-hybridized carbons (Fsp3) is 0.540. The van der Waals surface area contributed by atoms with Crippen molar-refractivity contribution in [1.29, 1.82) is 0 Å². The molecule has 81 heavy (non-hydrogen) atoms. The minimum Gasteiger partial charge on any atom is -0.478 e. The number of carboxylic acids is 1. The number of allylic oxidation sites excluding steroid dienone is 16. The minimum atomic E-state index is -1.21. The molecular formula is C63H99N3O15. The van der Waals surface area contributed by atoms with Crippen LogP contribution in [-0.4, -0.2) is 164 Å². The van der Waals surface area contributed by atoms with Crippen LogP contribution < -0.4 is 11.5 Å². The second-order valence-electron chi connectivity index (χ2n) is 20.5. The lowest BCUT2D eigenvalue weighted by Gasteiger charge is -2.25. The SMILES string of the molecule is C\C(=C/C=C/C=C/C=C/CC/C=C/[C@H](C)[C@H](O)[C@@H](C)[C@H](O)/C=C/C=C/C=C/C=C/C=C/C[C@H](O)[C@H](C)C(=O)C[C@H](O)C[C@H](O)C[C@H](O)/C=C/C[C@@H](O)C[C@H](O)C[C@@H](O)C[C@H](O)/C=C/C[C@H](O)/C=C/C[C@H](O)CCCN=C(N)N)C(=O)O. The van der Waals surface area contributed by atoms with Gasteiger partial charge in [0.15, 0.2) is 5.96 Å². The molecule has 15 atom stereocenters. The van der Waals surface area contributed by atoms with Crippen LogP contribution >= 0.6 is 0 Å². The molecular weight excluding hydrogens is 1040 g/mol. The Bertz CT molecular complexity index is 2140. The van der Waals surface area contributed by atoms with E-state index >= 15 is 0 Å². The number of rotatable bonds is 45. The fourth-order valence-electron chi connectivity index (χ4n) is 7.83. The number of guanidine groups is 1. The van der Waals surface area contributed by atoms with Crippen molar-refractivity contribution in [2.75, 3.05) is 6.54 Å². The van der Waals surface area contributed by atoms with Gasteiger partial charge in [-0.1, -0.05) is 173 Å². The van der Waals surface area contributed by atoms with Gasteiger partial charge in [0.2, 0.25) is 0 Å². The van der Waals surface area contributed by atoms with E-state index in [-0.39, 0.29) is 81.0 Å². The summed E-state index contributed by atoms with van der Waals surface area (Å²) in [7, 11) is 0. The van der Waals surface area contributed by atoms with Gasteiger partial charge in [-0.25, -0.2) is 4.79 Å². The third kappa shape index (κ3) is 43.0. The third-order valence-electron chi connectivity index (χ3n) is 12.9. The standard InChI is InChI=1S/C63H99N3O15/c1-45(27-19-15-11-7-5-8-12-16-20-28-46(2)62(80)81)61(79)48(4)59(77)37-22-18-14-10-6-9-13-17-21-36-58(76)47(3)60(78)44-57(75)43-56(74)41-53(71)34-25-33-52(70)40-55(73)42-54(72)39-51(69)32-24-31-49(67)29-23-30-50(68)35-26-38-66-63(64)65/h5-10,12-14,16-25,27-29,32,34,37,45,47-59,61,67-77,79H,11,15,26,30-31,33,35-36,38-44H2,1-4H3,(H,80,81)(H4,64,65,66)/b7-5+,10-6+,12-8+,13-9+,18-14+,20-16+,21-17+,27-19+,29-23+,32-24+,34-25+,37-22+,46-28+/t45-,47-,48-,49+,50-,51+,52+,53+,54-,55-,56+,57+,58-,59+,61-/m0/s1. The molecule has 0 radical (unpaired) electrons. The molecule has 0 heterocycles. The van der Waals surface area contributed by atoms with Crippen molar-refractivity contribution in [3.05, 3.63) is 157 Å². The maximum absolute atomic E-state index is 12.8. The van der Waals surface area contributed by atoms with Crippen molar-refractivity contribution >= 4 is 17.7 Å². The maximum atomic E-state index is 12.8. The number of Topliss-reactive ketones (excluding diaryl/α,β-unsaturated/α-hetero) is 1. The summed E-state index contributed by atoms with van der Waals surface area (Å²) in [6, 6.07) is 0. The van der Waals surface area contributed by atoms with E-state index in [1.807, 2.05) is 43.4 Å². The smallest absolute Gasteiger partial charge is 0.331 e. The summed E-state index contributed by atoms with van der Waals surface area (Å²) in [5.74, 6) is -2.67. The molecule has 0 amide bonds. The Labute approximate surface area is 481 Å². The number of aliphatic hydroxyl groups is 12. The zero-order chi connectivity index (χ0) is 61.0. The Morgan fingerprint density at radius 2 is 0.963 bits per heavy atom. The first-order chi connectivity index (χ1) is 38.4. The highest BCUT2D eigenvalue weighted by Gasteiger charge is 2.26. The number of carbonyl (C=O) groups excluding carboxylic acids is 1. The molecule has 0 bridgehead atoms. The van der Waals surface area contributed by atoms with E-state index in [0.717, 1.165) is 12.8 Å². The number of carbonyl (C=O) groups is 2. The number of hydrogen-bond donors (Lipinski definition) is 15. The fourth-order valence-corrected chi connectivity index (χ4v) is 7.83. The van der Waals surface area contributed by atoms with E-state index in [4.69, 9.17) is 16.6 Å². The lowest BCUT2D eigenvalue weighted by atomic mass is 9.88. The van der Waals surface area contributed by atoms with Gasteiger partial charge in [0.1, 0.15) is 5.78 Å². The Kier molecular flexibility index (Phi) is 43.9. The lowest BCUT2D eigenvalue weighted by Crippen LogP contribution is -2.32. The molecule has 456 valence electrons. The highest BCUT2D eigenvalue weighted by molar-refractivity contribution is 5.86. The first-order valence-corrected chi connectivity index (χ1v) is 28.1.